The highest BCUT2D eigenvalue weighted by Crippen LogP contribution is 2.28. The molecule has 1 aromatic heterocycles. The van der Waals surface area contributed by atoms with Gasteiger partial charge in [-0.25, -0.2) is 4.79 Å². The first kappa shape index (κ1) is 18.8. The Morgan fingerprint density at radius 2 is 2.10 bits per heavy atom. The molecule has 3 heterocycles. The standard InChI is InChI=1S/C20H15ClN4O4/c1-29-15-3-2-13-10-25(17(26)16(13)7-15)11-20(18(27)23-19(28)24-20)5-4-12-6-14(21)9-22-8-12/h2-3,6-9H,10-11H2,1H3,(H2,23,24,27,28)/t20-/m1/s1. The van der Waals surface area contributed by atoms with Crippen LogP contribution in [0.1, 0.15) is 21.5 Å². The highest BCUT2D eigenvalue weighted by atomic mass is 35.5. The summed E-state index contributed by atoms with van der Waals surface area (Å²) in [5, 5.41) is 5.14. The van der Waals surface area contributed by atoms with Crippen LogP contribution in [0.15, 0.2) is 36.7 Å². The van der Waals surface area contributed by atoms with Crippen molar-refractivity contribution in [3.63, 3.8) is 0 Å². The van der Waals surface area contributed by atoms with E-state index in [-0.39, 0.29) is 12.5 Å². The molecule has 8 nitrogen and oxygen atoms in total. The molecule has 2 aliphatic rings. The summed E-state index contributed by atoms with van der Waals surface area (Å²) in [4.78, 5) is 42.7. The number of hydrogen-bond donors (Lipinski definition) is 2. The molecular weight excluding hydrogens is 396 g/mol. The number of halogens is 1. The molecule has 1 saturated heterocycles. The van der Waals surface area contributed by atoms with Gasteiger partial charge in [-0.2, -0.15) is 0 Å². The van der Waals surface area contributed by atoms with Crippen LogP contribution in [0.25, 0.3) is 0 Å². The third kappa shape index (κ3) is 3.48. The Bertz CT molecular complexity index is 1110. The van der Waals surface area contributed by atoms with Gasteiger partial charge in [-0.15, -0.1) is 0 Å². The summed E-state index contributed by atoms with van der Waals surface area (Å²) in [5.74, 6) is 5.30. The average Bonchev–Trinajstić information content (AvgIpc) is 3.15. The Labute approximate surface area is 171 Å². The Morgan fingerprint density at radius 3 is 2.79 bits per heavy atom. The van der Waals surface area contributed by atoms with Crippen molar-refractivity contribution in [1.29, 1.82) is 0 Å². The van der Waals surface area contributed by atoms with E-state index in [1.807, 2.05) is 0 Å². The van der Waals surface area contributed by atoms with Crippen LogP contribution in [0.4, 0.5) is 4.79 Å². The predicted octanol–water partition coefficient (Wildman–Crippen LogP) is 1.33. The minimum atomic E-state index is -1.58. The number of hydrogen-bond acceptors (Lipinski definition) is 5. The first-order chi connectivity index (χ1) is 13.9. The van der Waals surface area contributed by atoms with Crippen LogP contribution in [0, 0.1) is 11.8 Å². The van der Waals surface area contributed by atoms with Crippen LogP contribution in [-0.2, 0) is 11.3 Å². The summed E-state index contributed by atoms with van der Waals surface area (Å²) < 4.78 is 5.17. The van der Waals surface area contributed by atoms with Gasteiger partial charge in [0.05, 0.1) is 18.7 Å². The zero-order valence-electron chi connectivity index (χ0n) is 15.3. The number of nitrogens with zero attached hydrogens (tertiary/aromatic N) is 2. The number of rotatable bonds is 3. The summed E-state index contributed by atoms with van der Waals surface area (Å²) in [5.41, 5.74) is 0.201. The normalized spacial score (nSPS) is 19.9. The average molecular weight is 411 g/mol. The van der Waals surface area contributed by atoms with Crippen LogP contribution in [0.3, 0.4) is 0 Å². The van der Waals surface area contributed by atoms with E-state index in [4.69, 9.17) is 16.3 Å². The summed E-state index contributed by atoms with van der Waals surface area (Å²) in [6.07, 6.45) is 2.95. The van der Waals surface area contributed by atoms with Crippen LogP contribution >= 0.6 is 11.6 Å². The lowest BCUT2D eigenvalue weighted by Gasteiger charge is -2.26. The number of nitrogens with one attached hydrogen (secondary N) is 2. The number of carbonyl (C=O) groups is 3. The van der Waals surface area contributed by atoms with E-state index in [1.54, 1.807) is 24.3 Å². The number of carbonyl (C=O) groups excluding carboxylic acids is 3. The second-order valence-corrected chi connectivity index (χ2v) is 7.08. The largest absolute Gasteiger partial charge is 0.497 e. The smallest absolute Gasteiger partial charge is 0.323 e. The second kappa shape index (κ2) is 7.11. The van der Waals surface area contributed by atoms with Crippen molar-refractivity contribution in [2.75, 3.05) is 13.7 Å². The predicted molar refractivity (Wildman–Crippen MR) is 103 cm³/mol. The maximum Gasteiger partial charge on any atom is 0.323 e. The molecule has 1 atom stereocenters. The zero-order chi connectivity index (χ0) is 20.6. The molecule has 4 rings (SSSR count). The van der Waals surface area contributed by atoms with Gasteiger partial charge in [0.1, 0.15) is 5.75 Å². The SMILES string of the molecule is COc1ccc2c(c1)C(=O)N(C[C@@]1(C#Cc3cncc(Cl)c3)NC(=O)NC1=O)C2. The number of methoxy groups -OCH3 is 1. The van der Waals surface area contributed by atoms with Crippen molar-refractivity contribution >= 4 is 29.4 Å². The number of benzene rings is 1. The highest BCUT2D eigenvalue weighted by molar-refractivity contribution is 6.30. The van der Waals surface area contributed by atoms with Crippen molar-refractivity contribution in [1.82, 2.24) is 20.5 Å². The van der Waals surface area contributed by atoms with Gasteiger partial charge in [-0.3, -0.25) is 19.9 Å². The van der Waals surface area contributed by atoms with Gasteiger partial charge in [0.2, 0.25) is 5.54 Å². The molecule has 1 fully saturated rings. The highest BCUT2D eigenvalue weighted by Gasteiger charge is 2.48. The van der Waals surface area contributed by atoms with Crippen molar-refractivity contribution in [2.45, 2.75) is 12.1 Å². The first-order valence-corrected chi connectivity index (χ1v) is 9.01. The van der Waals surface area contributed by atoms with E-state index in [1.165, 1.54) is 24.4 Å². The van der Waals surface area contributed by atoms with Gasteiger partial charge < -0.3 is 15.0 Å². The lowest BCUT2D eigenvalue weighted by atomic mass is 9.99. The number of pyridine rings is 1. The summed E-state index contributed by atoms with van der Waals surface area (Å²) >= 11 is 5.92. The fourth-order valence-electron chi connectivity index (χ4n) is 3.27. The van der Waals surface area contributed by atoms with Crippen molar-refractivity contribution in [2.24, 2.45) is 0 Å². The zero-order valence-corrected chi connectivity index (χ0v) is 16.0. The van der Waals surface area contributed by atoms with Crippen LogP contribution < -0.4 is 15.4 Å². The Balaban J connectivity index is 1.65. The quantitative estimate of drug-likeness (QED) is 0.587. The number of imide groups is 1. The molecule has 2 aliphatic heterocycles. The fourth-order valence-corrected chi connectivity index (χ4v) is 3.44. The van der Waals surface area contributed by atoms with E-state index >= 15 is 0 Å². The van der Waals surface area contributed by atoms with E-state index in [2.05, 4.69) is 27.5 Å². The van der Waals surface area contributed by atoms with E-state index in [9.17, 15) is 14.4 Å². The van der Waals surface area contributed by atoms with Crippen LogP contribution in [-0.4, -0.2) is 46.9 Å². The van der Waals surface area contributed by atoms with Crippen molar-refractivity contribution < 1.29 is 19.1 Å². The van der Waals surface area contributed by atoms with Crippen molar-refractivity contribution in [3.8, 4) is 17.6 Å². The molecule has 146 valence electrons. The molecule has 4 amide bonds. The van der Waals surface area contributed by atoms with Gasteiger partial charge >= 0.3 is 6.03 Å². The summed E-state index contributed by atoms with van der Waals surface area (Å²) in [6, 6.07) is 6.14. The van der Waals surface area contributed by atoms with E-state index in [0.29, 0.717) is 28.4 Å². The Kier molecular flexibility index (Phi) is 4.60. The summed E-state index contributed by atoms with van der Waals surface area (Å²) in [6.45, 7) is 0.185. The van der Waals surface area contributed by atoms with Gasteiger partial charge in [-0.05, 0) is 23.8 Å². The molecule has 0 unspecified atom stereocenters. The van der Waals surface area contributed by atoms with Crippen molar-refractivity contribution in [3.05, 3.63) is 58.4 Å². The molecule has 0 radical (unpaired) electrons. The molecule has 0 saturated carbocycles. The third-order valence-electron chi connectivity index (χ3n) is 4.69. The molecule has 1 aromatic carbocycles. The molecule has 0 spiro atoms. The molecule has 0 aliphatic carbocycles. The summed E-state index contributed by atoms with van der Waals surface area (Å²) in [7, 11) is 1.52. The number of urea groups is 1. The molecule has 2 aromatic rings. The maximum atomic E-state index is 12.9. The third-order valence-corrected chi connectivity index (χ3v) is 4.90. The minimum Gasteiger partial charge on any atom is -0.497 e. The second-order valence-electron chi connectivity index (χ2n) is 6.64. The van der Waals surface area contributed by atoms with E-state index < -0.39 is 17.5 Å². The van der Waals surface area contributed by atoms with Crippen LogP contribution in [0.2, 0.25) is 5.02 Å². The first-order valence-electron chi connectivity index (χ1n) is 8.64. The minimum absolute atomic E-state index is 0.110. The Morgan fingerprint density at radius 1 is 1.28 bits per heavy atom. The van der Waals surface area contributed by atoms with E-state index in [0.717, 1.165) is 5.56 Å². The fraction of sp³-hybridized carbons (Fsp3) is 0.200. The van der Waals surface area contributed by atoms with Gasteiger partial charge in [0.25, 0.3) is 11.8 Å². The molecular formula is C20H15ClN4O4. The lowest BCUT2D eigenvalue weighted by molar-refractivity contribution is -0.122. The van der Waals surface area contributed by atoms with Gasteiger partial charge in [-0.1, -0.05) is 29.5 Å². The number of ether oxygens (including phenoxy) is 1. The number of aromatic nitrogens is 1. The molecule has 0 bridgehead atoms. The van der Waals surface area contributed by atoms with Gasteiger partial charge in [0, 0.05) is 30.1 Å². The monoisotopic (exact) mass is 410 g/mol. The Hall–Kier alpha value is -3.57. The topological polar surface area (TPSA) is 101 Å². The van der Waals surface area contributed by atoms with Crippen LogP contribution in [0.5, 0.6) is 5.75 Å². The number of fused-ring (bicyclic) bond motifs is 1. The maximum absolute atomic E-state index is 12.9. The molecule has 2 N–H and O–H groups in total. The number of amides is 4. The molecule has 9 heteroatoms. The van der Waals surface area contributed by atoms with Gasteiger partial charge in [0.15, 0.2) is 0 Å². The molecule has 29 heavy (non-hydrogen) atoms. The lowest BCUT2D eigenvalue weighted by Crippen LogP contribution is -2.54.